The topological polar surface area (TPSA) is 65.5 Å². The number of amides is 2. The lowest BCUT2D eigenvalue weighted by molar-refractivity contribution is -0.120. The van der Waals surface area contributed by atoms with Crippen LogP contribution in [0.3, 0.4) is 0 Å². The van der Waals surface area contributed by atoms with Crippen molar-refractivity contribution in [2.75, 3.05) is 30.4 Å². The van der Waals surface area contributed by atoms with Gasteiger partial charge in [0.25, 0.3) is 0 Å². The molecule has 1 N–H and O–H groups in total. The van der Waals surface area contributed by atoms with E-state index in [1.807, 2.05) is 55.5 Å². The van der Waals surface area contributed by atoms with Gasteiger partial charge in [-0.1, -0.05) is 36.4 Å². The van der Waals surface area contributed by atoms with Crippen LogP contribution in [0.15, 0.2) is 66.9 Å². The summed E-state index contributed by atoms with van der Waals surface area (Å²) in [5.74, 6) is 0.246. The van der Waals surface area contributed by atoms with Crippen LogP contribution in [-0.2, 0) is 22.4 Å². The molecular weight excluding hydrogens is 388 g/mol. The average Bonchev–Trinajstić information content (AvgIpc) is 2.90. The van der Waals surface area contributed by atoms with E-state index in [1.165, 1.54) is 0 Å². The van der Waals surface area contributed by atoms with Gasteiger partial charge >= 0.3 is 0 Å². The van der Waals surface area contributed by atoms with Gasteiger partial charge in [0, 0.05) is 6.20 Å². The molecule has 0 saturated heterocycles. The van der Waals surface area contributed by atoms with Gasteiger partial charge in [-0.3, -0.25) is 19.4 Å². The van der Waals surface area contributed by atoms with Crippen LogP contribution < -0.4 is 10.2 Å². The number of likely N-dealkylation sites (N-methyl/N-ethyl adjacent to an activating group) is 1. The third-order valence-corrected chi connectivity index (χ3v) is 5.38. The number of aryl methyl sites for hydroxylation is 3. The number of pyridine rings is 1. The zero-order valence-corrected chi connectivity index (χ0v) is 17.8. The lowest BCUT2D eigenvalue weighted by Crippen LogP contribution is -2.40. The number of benzene rings is 2. The van der Waals surface area contributed by atoms with Crippen molar-refractivity contribution >= 4 is 29.0 Å². The molecule has 0 aliphatic carbocycles. The molecule has 0 unspecified atom stereocenters. The van der Waals surface area contributed by atoms with Gasteiger partial charge in [0.2, 0.25) is 11.8 Å². The predicted octanol–water partition coefficient (Wildman–Crippen LogP) is 3.72. The molecule has 0 saturated carbocycles. The van der Waals surface area contributed by atoms with Crippen molar-refractivity contribution in [3.05, 3.63) is 83.6 Å². The first-order valence-electron chi connectivity index (χ1n) is 10.4. The highest BCUT2D eigenvalue weighted by molar-refractivity contribution is 6.03. The summed E-state index contributed by atoms with van der Waals surface area (Å²) in [4.78, 5) is 33.5. The lowest BCUT2D eigenvalue weighted by Gasteiger charge is -2.27. The predicted molar refractivity (Wildman–Crippen MR) is 123 cm³/mol. The first-order chi connectivity index (χ1) is 15.0. The number of fused-ring (bicyclic) bond motifs is 2. The molecule has 1 aliphatic heterocycles. The molecule has 2 heterocycles. The Kier molecular flexibility index (Phi) is 6.09. The Morgan fingerprint density at radius 3 is 2.19 bits per heavy atom. The number of carbonyl (C=O) groups is 2. The molecule has 0 radical (unpaired) electrons. The Labute approximate surface area is 182 Å². The summed E-state index contributed by atoms with van der Waals surface area (Å²) in [6.07, 6.45) is 3.43. The largest absolute Gasteiger partial charge is 0.310 e. The molecule has 3 aromatic rings. The second-order valence-electron chi connectivity index (χ2n) is 7.93. The van der Waals surface area contributed by atoms with E-state index >= 15 is 0 Å². The van der Waals surface area contributed by atoms with Crippen LogP contribution in [0.2, 0.25) is 0 Å². The van der Waals surface area contributed by atoms with Gasteiger partial charge in [0.05, 0.1) is 24.5 Å². The quantitative estimate of drug-likeness (QED) is 0.691. The maximum atomic E-state index is 13.4. The minimum atomic E-state index is -0.204. The van der Waals surface area contributed by atoms with Crippen LogP contribution in [0, 0.1) is 6.92 Å². The van der Waals surface area contributed by atoms with E-state index in [-0.39, 0.29) is 24.9 Å². The van der Waals surface area contributed by atoms with Gasteiger partial charge < -0.3 is 5.32 Å². The minimum Gasteiger partial charge on any atom is -0.310 e. The van der Waals surface area contributed by atoms with Crippen molar-refractivity contribution in [2.24, 2.45) is 0 Å². The summed E-state index contributed by atoms with van der Waals surface area (Å²) in [7, 11) is 1.77. The summed E-state index contributed by atoms with van der Waals surface area (Å²) in [5, 5.41) is 2.79. The molecule has 2 amide bonds. The van der Waals surface area contributed by atoms with Crippen LogP contribution in [0.1, 0.15) is 16.7 Å². The maximum absolute atomic E-state index is 13.4. The van der Waals surface area contributed by atoms with Crippen LogP contribution in [0.5, 0.6) is 0 Å². The van der Waals surface area contributed by atoms with Crippen molar-refractivity contribution < 1.29 is 9.59 Å². The number of hydrogen-bond acceptors (Lipinski definition) is 4. The fourth-order valence-electron chi connectivity index (χ4n) is 3.94. The van der Waals surface area contributed by atoms with Gasteiger partial charge in [0.1, 0.15) is 5.82 Å². The molecule has 158 valence electrons. The zero-order valence-electron chi connectivity index (χ0n) is 17.8. The van der Waals surface area contributed by atoms with Gasteiger partial charge in [-0.15, -0.1) is 0 Å². The number of nitrogens with zero attached hydrogens (tertiary/aromatic N) is 3. The standard InChI is InChI=1S/C25H26N4O2/c1-18-13-14-26-23(15-18)27-24(30)16-28(2)17-25(31)29-21-9-5-3-7-19(21)11-12-20-8-4-6-10-22(20)29/h3-10,13-15H,11-12,16-17H2,1-2H3,(H,26,27,30). The Balaban J connectivity index is 1.49. The minimum absolute atomic E-state index is 0.0641. The molecule has 0 atom stereocenters. The first kappa shape index (κ1) is 20.8. The number of aromatic nitrogens is 1. The Bertz CT molecular complexity index is 1060. The van der Waals surface area contributed by atoms with Crippen LogP contribution in [-0.4, -0.2) is 41.8 Å². The van der Waals surface area contributed by atoms with Crippen molar-refractivity contribution in [1.82, 2.24) is 9.88 Å². The van der Waals surface area contributed by atoms with E-state index in [2.05, 4.69) is 22.4 Å². The molecule has 2 aromatic carbocycles. The number of rotatable bonds is 5. The normalized spacial score (nSPS) is 12.7. The number of anilines is 3. The monoisotopic (exact) mass is 414 g/mol. The summed E-state index contributed by atoms with van der Waals surface area (Å²) in [6.45, 7) is 2.16. The van der Waals surface area contributed by atoms with E-state index < -0.39 is 0 Å². The van der Waals surface area contributed by atoms with Crippen molar-refractivity contribution in [3.8, 4) is 0 Å². The van der Waals surface area contributed by atoms with Crippen molar-refractivity contribution in [3.63, 3.8) is 0 Å². The molecular formula is C25H26N4O2. The Morgan fingerprint density at radius 1 is 0.968 bits per heavy atom. The number of nitrogens with one attached hydrogen (secondary N) is 1. The summed E-state index contributed by atoms with van der Waals surface area (Å²) >= 11 is 0. The van der Waals surface area contributed by atoms with E-state index in [0.29, 0.717) is 5.82 Å². The summed E-state index contributed by atoms with van der Waals surface area (Å²) in [6, 6.07) is 19.8. The van der Waals surface area contributed by atoms with E-state index in [0.717, 1.165) is 40.9 Å². The highest BCUT2D eigenvalue weighted by Crippen LogP contribution is 2.36. The molecule has 1 aromatic heterocycles. The van der Waals surface area contributed by atoms with Gasteiger partial charge in [-0.2, -0.15) is 0 Å². The smallest absolute Gasteiger partial charge is 0.245 e. The molecule has 0 spiro atoms. The summed E-state index contributed by atoms with van der Waals surface area (Å²) in [5.41, 5.74) is 5.15. The van der Waals surface area contributed by atoms with E-state index in [9.17, 15) is 9.59 Å². The highest BCUT2D eigenvalue weighted by atomic mass is 16.2. The molecule has 0 bridgehead atoms. The van der Waals surface area contributed by atoms with Gasteiger partial charge in [-0.25, -0.2) is 4.98 Å². The first-order valence-corrected chi connectivity index (χ1v) is 10.4. The van der Waals surface area contributed by atoms with Gasteiger partial charge in [-0.05, 0) is 67.8 Å². The van der Waals surface area contributed by atoms with Crippen LogP contribution in [0.25, 0.3) is 0 Å². The maximum Gasteiger partial charge on any atom is 0.245 e. The third-order valence-electron chi connectivity index (χ3n) is 5.38. The van der Waals surface area contributed by atoms with Crippen molar-refractivity contribution in [1.29, 1.82) is 0 Å². The molecule has 1 aliphatic rings. The zero-order chi connectivity index (χ0) is 21.8. The lowest BCUT2D eigenvalue weighted by atomic mass is 10.0. The molecule has 0 fully saturated rings. The van der Waals surface area contributed by atoms with E-state index in [4.69, 9.17) is 0 Å². The number of para-hydroxylation sites is 2. The molecule has 6 nitrogen and oxygen atoms in total. The number of hydrogen-bond donors (Lipinski definition) is 1. The third kappa shape index (κ3) is 4.81. The molecule has 31 heavy (non-hydrogen) atoms. The molecule has 4 rings (SSSR count). The van der Waals surface area contributed by atoms with Crippen molar-refractivity contribution in [2.45, 2.75) is 19.8 Å². The Hall–Kier alpha value is -3.51. The fraction of sp³-hybridized carbons (Fsp3) is 0.240. The second kappa shape index (κ2) is 9.10. The van der Waals surface area contributed by atoms with Crippen LogP contribution in [0.4, 0.5) is 17.2 Å². The summed E-state index contributed by atoms with van der Waals surface area (Å²) < 4.78 is 0. The highest BCUT2D eigenvalue weighted by Gasteiger charge is 2.26. The number of carbonyl (C=O) groups excluding carboxylic acids is 2. The second-order valence-corrected chi connectivity index (χ2v) is 7.93. The van der Waals surface area contributed by atoms with Crippen LogP contribution >= 0.6 is 0 Å². The Morgan fingerprint density at radius 2 is 1.58 bits per heavy atom. The van der Waals surface area contributed by atoms with Gasteiger partial charge in [0.15, 0.2) is 0 Å². The average molecular weight is 415 g/mol. The van der Waals surface area contributed by atoms with E-state index in [1.54, 1.807) is 23.0 Å². The molecule has 6 heteroatoms. The SMILES string of the molecule is Cc1ccnc(NC(=O)CN(C)CC(=O)N2c3ccccc3CCc3ccccc32)c1. The fourth-order valence-corrected chi connectivity index (χ4v) is 3.94.